The number of para-hydroxylation sites is 1. The molecule has 0 bridgehead atoms. The lowest BCUT2D eigenvalue weighted by molar-refractivity contribution is -0.384. The van der Waals surface area contributed by atoms with Gasteiger partial charge in [-0.1, -0.05) is 6.07 Å². The predicted molar refractivity (Wildman–Crippen MR) is 70.3 cm³/mol. The van der Waals surface area contributed by atoms with Crippen molar-refractivity contribution in [3.63, 3.8) is 0 Å². The number of nitrogens with one attached hydrogen (secondary N) is 2. The molecule has 1 aromatic heterocycles. The number of aromatic amines is 1. The molecule has 1 heterocycles. The van der Waals surface area contributed by atoms with Gasteiger partial charge in [-0.05, 0) is 19.1 Å². The van der Waals surface area contributed by atoms with Gasteiger partial charge < -0.3 is 10.1 Å². The summed E-state index contributed by atoms with van der Waals surface area (Å²) < 4.78 is 5.01. The minimum absolute atomic E-state index is 0.0638. The van der Waals surface area contributed by atoms with Crippen molar-refractivity contribution >= 4 is 11.4 Å². The van der Waals surface area contributed by atoms with E-state index in [1.165, 1.54) is 7.11 Å². The summed E-state index contributed by atoms with van der Waals surface area (Å²) in [5, 5.41) is 20.8. The smallest absolute Gasteiger partial charge is 0.333 e. The molecule has 7 nitrogen and oxygen atoms in total. The summed E-state index contributed by atoms with van der Waals surface area (Å²) in [7, 11) is 1.41. The number of aryl methyl sites for hydroxylation is 1. The highest BCUT2D eigenvalue weighted by atomic mass is 16.6. The molecule has 0 saturated carbocycles. The van der Waals surface area contributed by atoms with E-state index in [1.54, 1.807) is 24.4 Å². The monoisotopic (exact) mass is 262 g/mol. The second-order valence-electron chi connectivity index (χ2n) is 3.99. The van der Waals surface area contributed by atoms with Crippen LogP contribution in [0.3, 0.4) is 0 Å². The number of rotatable bonds is 5. The molecule has 7 heteroatoms. The van der Waals surface area contributed by atoms with Crippen molar-refractivity contribution in [2.45, 2.75) is 13.5 Å². The molecule has 2 rings (SSSR count). The van der Waals surface area contributed by atoms with E-state index in [-0.39, 0.29) is 11.4 Å². The predicted octanol–water partition coefficient (Wildman–Crippen LogP) is 2.25. The van der Waals surface area contributed by atoms with Crippen molar-refractivity contribution in [2.24, 2.45) is 0 Å². The molecular weight excluding hydrogens is 248 g/mol. The maximum atomic E-state index is 11.1. The molecule has 0 spiro atoms. The Hall–Kier alpha value is -2.57. The van der Waals surface area contributed by atoms with Crippen LogP contribution in [0.25, 0.3) is 0 Å². The maximum Gasteiger partial charge on any atom is 0.333 e. The van der Waals surface area contributed by atoms with E-state index >= 15 is 0 Å². The van der Waals surface area contributed by atoms with Gasteiger partial charge in [0.05, 0.1) is 18.2 Å². The fourth-order valence-corrected chi connectivity index (χ4v) is 1.76. The van der Waals surface area contributed by atoms with Crippen LogP contribution in [0.1, 0.15) is 11.3 Å². The third-order valence-corrected chi connectivity index (χ3v) is 2.81. The molecule has 1 aromatic carbocycles. The lowest BCUT2D eigenvalue weighted by Crippen LogP contribution is -2.04. The molecule has 0 fully saturated rings. The highest BCUT2D eigenvalue weighted by molar-refractivity contribution is 5.68. The summed E-state index contributed by atoms with van der Waals surface area (Å²) in [5.41, 5.74) is 2.24. The van der Waals surface area contributed by atoms with Gasteiger partial charge in [-0.25, -0.2) is 0 Å². The zero-order chi connectivity index (χ0) is 13.8. The molecular formula is C12H14N4O3. The highest BCUT2D eigenvalue weighted by Gasteiger charge is 2.20. The zero-order valence-corrected chi connectivity index (χ0v) is 10.6. The number of methoxy groups -OCH3 is 1. The van der Waals surface area contributed by atoms with Crippen LogP contribution in [0.5, 0.6) is 5.75 Å². The molecule has 0 unspecified atom stereocenters. The van der Waals surface area contributed by atoms with Crippen molar-refractivity contribution in [1.82, 2.24) is 10.2 Å². The van der Waals surface area contributed by atoms with Gasteiger partial charge in [0.1, 0.15) is 5.69 Å². The number of nitrogens with zero attached hydrogens (tertiary/aromatic N) is 2. The minimum atomic E-state index is -0.455. The van der Waals surface area contributed by atoms with E-state index in [2.05, 4.69) is 15.5 Å². The number of aromatic nitrogens is 2. The number of benzene rings is 1. The standard InChI is InChI=1S/C12H14N4O3/c1-8-9(7-14-15-8)6-13-10-4-3-5-11(19-2)12(10)16(17)18/h3-5,7,13H,6H2,1-2H3,(H,14,15). The number of hydrogen-bond acceptors (Lipinski definition) is 5. The van der Waals surface area contributed by atoms with Crippen LogP contribution in [-0.4, -0.2) is 22.2 Å². The van der Waals surface area contributed by atoms with Gasteiger partial charge in [0.2, 0.25) is 0 Å². The summed E-state index contributed by atoms with van der Waals surface area (Å²) in [4.78, 5) is 10.6. The van der Waals surface area contributed by atoms with Gasteiger partial charge >= 0.3 is 5.69 Å². The molecule has 2 N–H and O–H groups in total. The van der Waals surface area contributed by atoms with Crippen LogP contribution in [0.15, 0.2) is 24.4 Å². The van der Waals surface area contributed by atoms with E-state index in [0.29, 0.717) is 12.2 Å². The number of nitro benzene ring substituents is 1. The van der Waals surface area contributed by atoms with Gasteiger partial charge in [0, 0.05) is 17.8 Å². The van der Waals surface area contributed by atoms with Gasteiger partial charge in [-0.3, -0.25) is 15.2 Å². The lowest BCUT2D eigenvalue weighted by atomic mass is 10.2. The molecule has 0 aliphatic heterocycles. The van der Waals surface area contributed by atoms with E-state index in [9.17, 15) is 10.1 Å². The highest BCUT2D eigenvalue weighted by Crippen LogP contribution is 2.34. The first-order valence-corrected chi connectivity index (χ1v) is 5.67. The number of anilines is 1. The van der Waals surface area contributed by atoms with Crippen molar-refractivity contribution in [2.75, 3.05) is 12.4 Å². The summed E-state index contributed by atoms with van der Waals surface area (Å²) in [6, 6.07) is 4.92. The molecule has 0 aliphatic carbocycles. The third kappa shape index (κ3) is 2.65. The Labute approximate surface area is 109 Å². The van der Waals surface area contributed by atoms with E-state index in [1.807, 2.05) is 6.92 Å². The minimum Gasteiger partial charge on any atom is -0.490 e. The second kappa shape index (κ2) is 5.38. The summed E-state index contributed by atoms with van der Waals surface area (Å²) in [6.45, 7) is 2.35. The topological polar surface area (TPSA) is 93.1 Å². The fourth-order valence-electron chi connectivity index (χ4n) is 1.76. The Bertz CT molecular complexity index is 594. The molecule has 0 atom stereocenters. The van der Waals surface area contributed by atoms with Crippen molar-refractivity contribution < 1.29 is 9.66 Å². The molecule has 0 amide bonds. The molecule has 19 heavy (non-hydrogen) atoms. The summed E-state index contributed by atoms with van der Waals surface area (Å²) in [5.74, 6) is 0.235. The Balaban J connectivity index is 2.25. The van der Waals surface area contributed by atoms with E-state index in [4.69, 9.17) is 4.74 Å². The second-order valence-corrected chi connectivity index (χ2v) is 3.99. The first kappa shape index (κ1) is 12.9. The third-order valence-electron chi connectivity index (χ3n) is 2.81. The van der Waals surface area contributed by atoms with Crippen LogP contribution in [0.2, 0.25) is 0 Å². The van der Waals surface area contributed by atoms with E-state index < -0.39 is 4.92 Å². The Morgan fingerprint density at radius 2 is 2.32 bits per heavy atom. The molecule has 0 radical (unpaired) electrons. The largest absolute Gasteiger partial charge is 0.490 e. The normalized spacial score (nSPS) is 10.2. The van der Waals surface area contributed by atoms with Gasteiger partial charge in [-0.2, -0.15) is 5.10 Å². The first-order valence-electron chi connectivity index (χ1n) is 5.67. The van der Waals surface area contributed by atoms with Crippen molar-refractivity contribution in [1.29, 1.82) is 0 Å². The lowest BCUT2D eigenvalue weighted by Gasteiger charge is -2.09. The molecule has 0 saturated heterocycles. The summed E-state index contributed by atoms with van der Waals surface area (Å²) in [6.07, 6.45) is 1.69. The zero-order valence-electron chi connectivity index (χ0n) is 10.6. The quantitative estimate of drug-likeness (QED) is 0.636. The van der Waals surface area contributed by atoms with Gasteiger partial charge in [0.25, 0.3) is 0 Å². The van der Waals surface area contributed by atoms with Crippen LogP contribution in [0, 0.1) is 17.0 Å². The Morgan fingerprint density at radius 1 is 1.53 bits per heavy atom. The maximum absolute atomic E-state index is 11.1. The SMILES string of the molecule is COc1cccc(NCc2cn[nH]c2C)c1[N+](=O)[O-]. The average Bonchev–Trinajstić information content (AvgIpc) is 2.81. The van der Waals surface area contributed by atoms with Gasteiger partial charge in [-0.15, -0.1) is 0 Å². The van der Waals surface area contributed by atoms with Crippen LogP contribution >= 0.6 is 0 Å². The van der Waals surface area contributed by atoms with Crippen molar-refractivity contribution in [3.05, 3.63) is 45.8 Å². The molecule has 0 aliphatic rings. The van der Waals surface area contributed by atoms with Gasteiger partial charge in [0.15, 0.2) is 5.75 Å². The average molecular weight is 262 g/mol. The van der Waals surface area contributed by atoms with Crippen LogP contribution in [0.4, 0.5) is 11.4 Å². The van der Waals surface area contributed by atoms with Crippen molar-refractivity contribution in [3.8, 4) is 5.75 Å². The van der Waals surface area contributed by atoms with Crippen LogP contribution < -0.4 is 10.1 Å². The fraction of sp³-hybridized carbons (Fsp3) is 0.250. The molecule has 2 aromatic rings. The number of hydrogen-bond donors (Lipinski definition) is 2. The first-order chi connectivity index (χ1) is 9.13. The number of H-pyrrole nitrogens is 1. The Morgan fingerprint density at radius 3 is 2.89 bits per heavy atom. The van der Waals surface area contributed by atoms with Crippen LogP contribution in [-0.2, 0) is 6.54 Å². The number of ether oxygens (including phenoxy) is 1. The Kier molecular flexibility index (Phi) is 3.65. The molecule has 100 valence electrons. The number of nitro groups is 1. The summed E-state index contributed by atoms with van der Waals surface area (Å²) >= 11 is 0. The van der Waals surface area contributed by atoms with E-state index in [0.717, 1.165) is 11.3 Å².